The second-order valence-corrected chi connectivity index (χ2v) is 7.55. The Morgan fingerprint density at radius 2 is 1.52 bits per heavy atom. The third kappa shape index (κ3) is 3.97. The second-order valence-electron chi connectivity index (χ2n) is 6.43. The molecule has 1 N–H and O–H groups in total. The van der Waals surface area contributed by atoms with Crippen LogP contribution in [-0.4, -0.2) is 15.2 Å². The number of nitrogens with zero attached hydrogens (tertiary/aromatic N) is 2. The van der Waals surface area contributed by atoms with Crippen LogP contribution in [0, 0.1) is 0 Å². The molecule has 0 spiro atoms. The average Bonchev–Trinajstić information content (AvgIpc) is 3.44. The zero-order chi connectivity index (χ0) is 19.5. The predicted octanol–water partition coefficient (Wildman–Crippen LogP) is 6.06. The van der Waals surface area contributed by atoms with Crippen LogP contribution < -0.4 is 9.47 Å². The van der Waals surface area contributed by atoms with Gasteiger partial charge in [-0.3, -0.25) is 5.10 Å². The third-order valence-electron chi connectivity index (χ3n) is 4.43. The molecule has 0 atom stereocenters. The Morgan fingerprint density at radius 3 is 2.24 bits per heavy atom. The van der Waals surface area contributed by atoms with E-state index >= 15 is 0 Å². The van der Waals surface area contributed by atoms with Gasteiger partial charge in [0.05, 0.1) is 15.9 Å². The minimum absolute atomic E-state index is 0.453. The number of hydrogen-bond acceptors (Lipinski definition) is 5. The summed E-state index contributed by atoms with van der Waals surface area (Å²) in [5.74, 6) is 2.31. The van der Waals surface area contributed by atoms with E-state index in [2.05, 4.69) is 21.2 Å². The van der Waals surface area contributed by atoms with Crippen molar-refractivity contribution >= 4 is 21.6 Å². The highest BCUT2D eigenvalue weighted by atomic mass is 32.1. The highest BCUT2D eigenvalue weighted by Crippen LogP contribution is 2.27. The van der Waals surface area contributed by atoms with E-state index in [-0.39, 0.29) is 0 Å². The highest BCUT2D eigenvalue weighted by molar-refractivity contribution is 7.18. The van der Waals surface area contributed by atoms with Crippen LogP contribution in [0.4, 0.5) is 0 Å². The maximum Gasteiger partial charge on any atom is 0.140 e. The van der Waals surface area contributed by atoms with Gasteiger partial charge >= 0.3 is 0 Å². The number of aromatic amines is 1. The lowest BCUT2D eigenvalue weighted by Crippen LogP contribution is -1.94. The third-order valence-corrected chi connectivity index (χ3v) is 5.44. The molecule has 0 fully saturated rings. The summed E-state index contributed by atoms with van der Waals surface area (Å²) < 4.78 is 13.0. The Balaban J connectivity index is 1.21. The molecule has 0 aliphatic heterocycles. The Hall–Kier alpha value is -3.64. The van der Waals surface area contributed by atoms with Crippen molar-refractivity contribution in [3.05, 3.63) is 90.1 Å². The van der Waals surface area contributed by atoms with Gasteiger partial charge in [-0.05, 0) is 72.3 Å². The number of rotatable bonds is 6. The van der Waals surface area contributed by atoms with Gasteiger partial charge in [0.25, 0.3) is 0 Å². The Morgan fingerprint density at radius 1 is 0.793 bits per heavy atom. The normalized spacial score (nSPS) is 10.9. The number of ether oxygens (including phenoxy) is 2. The van der Waals surface area contributed by atoms with Gasteiger partial charge in [-0.1, -0.05) is 12.1 Å². The molecule has 5 aromatic rings. The van der Waals surface area contributed by atoms with Crippen LogP contribution in [0.2, 0.25) is 0 Å². The summed E-state index contributed by atoms with van der Waals surface area (Å²) in [7, 11) is 0. The maximum atomic E-state index is 5.92. The molecule has 5 nitrogen and oxygen atoms in total. The Labute approximate surface area is 171 Å². The SMILES string of the molecule is c1ccc2sc(COc3ccc(Oc4ccc(-c5ccn[nH]5)cc4)cc3)nc2c1. The average molecular weight is 399 g/mol. The first-order valence-corrected chi connectivity index (χ1v) is 10.0. The summed E-state index contributed by atoms with van der Waals surface area (Å²) in [5.41, 5.74) is 3.05. The van der Waals surface area contributed by atoms with Crippen LogP contribution in [0.3, 0.4) is 0 Å². The molecule has 0 radical (unpaired) electrons. The highest BCUT2D eigenvalue weighted by Gasteiger charge is 2.05. The van der Waals surface area contributed by atoms with Gasteiger partial charge < -0.3 is 9.47 Å². The van der Waals surface area contributed by atoms with Gasteiger partial charge in [0, 0.05) is 6.20 Å². The maximum absolute atomic E-state index is 5.92. The van der Waals surface area contributed by atoms with Crippen molar-refractivity contribution in [3.63, 3.8) is 0 Å². The minimum atomic E-state index is 0.453. The fourth-order valence-corrected chi connectivity index (χ4v) is 3.87. The van der Waals surface area contributed by atoms with Gasteiger partial charge in [-0.25, -0.2) is 4.98 Å². The molecular formula is C23H17N3O2S. The summed E-state index contributed by atoms with van der Waals surface area (Å²) in [5, 5.41) is 7.88. The van der Waals surface area contributed by atoms with Gasteiger partial charge in [0.2, 0.25) is 0 Å². The molecule has 142 valence electrons. The Kier molecular flexibility index (Phi) is 4.68. The van der Waals surface area contributed by atoms with E-state index in [1.807, 2.05) is 72.8 Å². The molecule has 3 aromatic carbocycles. The Bertz CT molecular complexity index is 1180. The monoisotopic (exact) mass is 399 g/mol. The fourth-order valence-electron chi connectivity index (χ4n) is 2.99. The summed E-state index contributed by atoms with van der Waals surface area (Å²) >= 11 is 1.65. The first-order chi connectivity index (χ1) is 14.3. The number of para-hydroxylation sites is 1. The van der Waals surface area contributed by atoms with Crippen molar-refractivity contribution in [1.29, 1.82) is 0 Å². The zero-order valence-corrected chi connectivity index (χ0v) is 16.2. The minimum Gasteiger partial charge on any atom is -0.486 e. The van der Waals surface area contributed by atoms with E-state index in [0.29, 0.717) is 6.61 Å². The molecule has 0 bridgehead atoms. The number of H-pyrrole nitrogens is 1. The number of fused-ring (bicyclic) bond motifs is 1. The van der Waals surface area contributed by atoms with Crippen molar-refractivity contribution in [2.45, 2.75) is 6.61 Å². The van der Waals surface area contributed by atoms with Gasteiger partial charge in [0.15, 0.2) is 0 Å². The molecular weight excluding hydrogens is 382 g/mol. The zero-order valence-electron chi connectivity index (χ0n) is 15.4. The lowest BCUT2D eigenvalue weighted by molar-refractivity contribution is 0.305. The van der Waals surface area contributed by atoms with E-state index in [1.165, 1.54) is 4.70 Å². The van der Waals surface area contributed by atoms with E-state index in [4.69, 9.17) is 9.47 Å². The number of thiazole rings is 1. The number of hydrogen-bond donors (Lipinski definition) is 1. The van der Waals surface area contributed by atoms with Crippen LogP contribution >= 0.6 is 11.3 Å². The van der Waals surface area contributed by atoms with Gasteiger partial charge in [-0.2, -0.15) is 5.10 Å². The molecule has 29 heavy (non-hydrogen) atoms. The lowest BCUT2D eigenvalue weighted by Gasteiger charge is -2.08. The van der Waals surface area contributed by atoms with E-state index in [0.717, 1.165) is 39.0 Å². The molecule has 0 unspecified atom stereocenters. The quantitative estimate of drug-likeness (QED) is 0.377. The number of aromatic nitrogens is 3. The van der Waals surface area contributed by atoms with Crippen LogP contribution in [0.5, 0.6) is 17.2 Å². The molecule has 5 rings (SSSR count). The molecule has 0 saturated heterocycles. The van der Waals surface area contributed by atoms with Crippen LogP contribution in [0.15, 0.2) is 85.1 Å². The molecule has 0 amide bonds. The summed E-state index contributed by atoms with van der Waals surface area (Å²) in [6.07, 6.45) is 1.74. The van der Waals surface area contributed by atoms with E-state index in [9.17, 15) is 0 Å². The predicted molar refractivity (Wildman–Crippen MR) is 114 cm³/mol. The molecule has 2 aromatic heterocycles. The topological polar surface area (TPSA) is 60.0 Å². The first kappa shape index (κ1) is 17.5. The van der Waals surface area contributed by atoms with Crippen molar-refractivity contribution in [3.8, 4) is 28.5 Å². The van der Waals surface area contributed by atoms with E-state index in [1.54, 1.807) is 17.5 Å². The first-order valence-electron chi connectivity index (χ1n) is 9.18. The van der Waals surface area contributed by atoms with Crippen molar-refractivity contribution in [2.75, 3.05) is 0 Å². The second kappa shape index (κ2) is 7.77. The molecule has 0 aliphatic rings. The lowest BCUT2D eigenvalue weighted by atomic mass is 10.1. The fraction of sp³-hybridized carbons (Fsp3) is 0.0435. The summed E-state index contributed by atoms with van der Waals surface area (Å²) in [6.45, 7) is 0.453. The van der Waals surface area contributed by atoms with Crippen molar-refractivity contribution < 1.29 is 9.47 Å². The number of benzene rings is 3. The van der Waals surface area contributed by atoms with Crippen LogP contribution in [0.1, 0.15) is 5.01 Å². The molecule has 0 aliphatic carbocycles. The van der Waals surface area contributed by atoms with Gasteiger partial charge in [0.1, 0.15) is 28.9 Å². The summed E-state index contributed by atoms with van der Waals surface area (Å²) in [4.78, 5) is 4.59. The van der Waals surface area contributed by atoms with E-state index < -0.39 is 0 Å². The molecule has 6 heteroatoms. The molecule has 0 saturated carbocycles. The molecule has 2 heterocycles. The number of nitrogens with one attached hydrogen (secondary N) is 1. The summed E-state index contributed by atoms with van der Waals surface area (Å²) in [6, 6.07) is 25.5. The largest absolute Gasteiger partial charge is 0.486 e. The smallest absolute Gasteiger partial charge is 0.140 e. The standard InChI is InChI=1S/C23H17N3O2S/c1-2-4-22-21(3-1)25-23(29-22)15-27-17-9-11-19(12-10-17)28-18-7-5-16(6-8-18)20-13-14-24-26-20/h1-14H,15H2,(H,24,26). The van der Waals surface area contributed by atoms with Crippen molar-refractivity contribution in [1.82, 2.24) is 15.2 Å². The van der Waals surface area contributed by atoms with Crippen LogP contribution in [0.25, 0.3) is 21.5 Å². The van der Waals surface area contributed by atoms with Gasteiger partial charge in [-0.15, -0.1) is 11.3 Å². The van der Waals surface area contributed by atoms with Crippen molar-refractivity contribution in [2.24, 2.45) is 0 Å². The van der Waals surface area contributed by atoms with Crippen LogP contribution in [-0.2, 0) is 6.61 Å².